The zero-order valence-corrected chi connectivity index (χ0v) is 8.67. The Kier molecular flexibility index (Phi) is 3.40. The lowest BCUT2D eigenvalue weighted by atomic mass is 10.2. The molecule has 14 heavy (non-hydrogen) atoms. The summed E-state index contributed by atoms with van der Waals surface area (Å²) in [6, 6.07) is -0.625. The molecule has 0 spiro atoms. The molecule has 2 N–H and O–H groups in total. The van der Waals surface area contributed by atoms with Crippen molar-refractivity contribution in [3.8, 4) is 0 Å². The summed E-state index contributed by atoms with van der Waals surface area (Å²) in [4.78, 5) is 23.8. The molecule has 5 nitrogen and oxygen atoms in total. The number of likely N-dealkylation sites (tertiary alicyclic amines) is 1. The first-order valence-electron chi connectivity index (χ1n) is 4.36. The van der Waals surface area contributed by atoms with Crippen molar-refractivity contribution < 1.29 is 14.3 Å². The van der Waals surface area contributed by atoms with Gasteiger partial charge in [0.1, 0.15) is 6.04 Å². The molecule has 0 radical (unpaired) electrons. The van der Waals surface area contributed by atoms with Crippen molar-refractivity contribution in [3.63, 3.8) is 0 Å². The van der Waals surface area contributed by atoms with Gasteiger partial charge < -0.3 is 10.5 Å². The fourth-order valence-corrected chi connectivity index (χ4v) is 1.65. The van der Waals surface area contributed by atoms with Gasteiger partial charge in [-0.05, 0) is 25.6 Å². The van der Waals surface area contributed by atoms with Crippen LogP contribution in [0.3, 0.4) is 0 Å². The SMILES string of the molecule is CCOC(=O)[C@@H]1CCC(=O)N1C(N)=S. The molecule has 0 aromatic rings. The van der Waals surface area contributed by atoms with E-state index in [1.807, 2.05) is 0 Å². The highest BCUT2D eigenvalue weighted by Crippen LogP contribution is 2.19. The smallest absolute Gasteiger partial charge is 0.329 e. The van der Waals surface area contributed by atoms with Crippen LogP contribution in [-0.2, 0) is 14.3 Å². The molecule has 0 saturated carbocycles. The number of thiocarbonyl (C=S) groups is 1. The summed E-state index contributed by atoms with van der Waals surface area (Å²) in [7, 11) is 0. The minimum atomic E-state index is -0.625. The third kappa shape index (κ3) is 2.01. The van der Waals surface area contributed by atoms with Gasteiger partial charge in [0.15, 0.2) is 5.11 Å². The molecule has 0 unspecified atom stereocenters. The molecule has 78 valence electrons. The zero-order valence-electron chi connectivity index (χ0n) is 7.86. The van der Waals surface area contributed by atoms with E-state index in [2.05, 4.69) is 12.2 Å². The molecule has 0 aromatic heterocycles. The average molecular weight is 216 g/mol. The molecule has 0 bridgehead atoms. The van der Waals surface area contributed by atoms with Crippen molar-refractivity contribution in [1.29, 1.82) is 0 Å². The standard InChI is InChI=1S/C8H12N2O3S/c1-2-13-7(12)5-3-4-6(11)10(5)8(9)14/h5H,2-4H2,1H3,(H2,9,14)/t5-/m0/s1. The van der Waals surface area contributed by atoms with Crippen LogP contribution in [0.4, 0.5) is 0 Å². The highest BCUT2D eigenvalue weighted by Gasteiger charge is 2.38. The number of ether oxygens (including phenoxy) is 1. The van der Waals surface area contributed by atoms with Crippen molar-refractivity contribution in [1.82, 2.24) is 4.90 Å². The molecular formula is C8H12N2O3S. The highest BCUT2D eigenvalue weighted by atomic mass is 32.1. The monoisotopic (exact) mass is 216 g/mol. The lowest BCUT2D eigenvalue weighted by Gasteiger charge is -2.20. The van der Waals surface area contributed by atoms with E-state index < -0.39 is 12.0 Å². The van der Waals surface area contributed by atoms with E-state index in [0.717, 1.165) is 4.90 Å². The molecule has 1 saturated heterocycles. The average Bonchev–Trinajstić information content (AvgIpc) is 2.47. The van der Waals surface area contributed by atoms with E-state index in [4.69, 9.17) is 10.5 Å². The quantitative estimate of drug-likeness (QED) is 0.510. The number of nitrogens with zero attached hydrogens (tertiary/aromatic N) is 1. The summed E-state index contributed by atoms with van der Waals surface area (Å²) >= 11 is 4.69. The molecule has 1 fully saturated rings. The van der Waals surface area contributed by atoms with Crippen LogP contribution < -0.4 is 5.73 Å². The second-order valence-corrected chi connectivity index (χ2v) is 3.33. The predicted molar refractivity (Wildman–Crippen MR) is 53.3 cm³/mol. The first kappa shape index (κ1) is 10.9. The summed E-state index contributed by atoms with van der Waals surface area (Å²) in [6.45, 7) is 1.99. The maximum absolute atomic E-state index is 11.4. The second-order valence-electron chi connectivity index (χ2n) is 2.91. The van der Waals surface area contributed by atoms with Crippen LogP contribution >= 0.6 is 12.2 Å². The molecule has 1 amide bonds. The predicted octanol–water partition coefficient (Wildman–Crippen LogP) is -0.216. The number of carbonyl (C=O) groups is 2. The van der Waals surface area contributed by atoms with E-state index in [9.17, 15) is 9.59 Å². The summed E-state index contributed by atoms with van der Waals surface area (Å²) in [5.41, 5.74) is 5.34. The number of nitrogens with two attached hydrogens (primary N) is 1. The summed E-state index contributed by atoms with van der Waals surface area (Å²) in [6.07, 6.45) is 0.718. The molecule has 1 aliphatic heterocycles. The number of hydrogen-bond donors (Lipinski definition) is 1. The van der Waals surface area contributed by atoms with Crippen LogP contribution in [-0.4, -0.2) is 34.5 Å². The Bertz CT molecular complexity index is 280. The number of rotatable bonds is 2. The maximum Gasteiger partial charge on any atom is 0.329 e. The molecule has 1 atom stereocenters. The van der Waals surface area contributed by atoms with Crippen molar-refractivity contribution >= 4 is 29.2 Å². The lowest BCUT2D eigenvalue weighted by molar-refractivity contribution is -0.149. The van der Waals surface area contributed by atoms with Gasteiger partial charge in [-0.2, -0.15) is 0 Å². The number of hydrogen-bond acceptors (Lipinski definition) is 4. The minimum absolute atomic E-state index is 0.0643. The van der Waals surface area contributed by atoms with E-state index in [-0.39, 0.29) is 17.6 Å². The third-order valence-corrected chi connectivity index (χ3v) is 2.20. The molecule has 0 aliphatic carbocycles. The molecule has 1 aliphatic rings. The third-order valence-electron chi connectivity index (χ3n) is 2.01. The number of esters is 1. The Morgan fingerprint density at radius 1 is 1.79 bits per heavy atom. The van der Waals surface area contributed by atoms with Crippen LogP contribution in [0.15, 0.2) is 0 Å². The Morgan fingerprint density at radius 2 is 2.43 bits per heavy atom. The number of carbonyl (C=O) groups excluding carboxylic acids is 2. The van der Waals surface area contributed by atoms with Crippen molar-refractivity contribution in [3.05, 3.63) is 0 Å². The van der Waals surface area contributed by atoms with Crippen LogP contribution in [0.5, 0.6) is 0 Å². The summed E-state index contributed by atoms with van der Waals surface area (Å²) in [5, 5.41) is -0.0643. The van der Waals surface area contributed by atoms with Crippen molar-refractivity contribution in [2.24, 2.45) is 5.73 Å². The summed E-state index contributed by atoms with van der Waals surface area (Å²) in [5.74, 6) is -0.651. The molecular weight excluding hydrogens is 204 g/mol. The van der Waals surface area contributed by atoms with Gasteiger partial charge >= 0.3 is 5.97 Å². The van der Waals surface area contributed by atoms with E-state index in [1.165, 1.54) is 0 Å². The van der Waals surface area contributed by atoms with E-state index in [1.54, 1.807) is 6.92 Å². The Balaban J connectivity index is 2.74. The van der Waals surface area contributed by atoms with Gasteiger partial charge in [0.05, 0.1) is 6.61 Å². The van der Waals surface area contributed by atoms with Gasteiger partial charge in [-0.1, -0.05) is 0 Å². The number of amides is 1. The lowest BCUT2D eigenvalue weighted by Crippen LogP contribution is -2.46. The highest BCUT2D eigenvalue weighted by molar-refractivity contribution is 7.80. The Morgan fingerprint density at radius 3 is 2.93 bits per heavy atom. The van der Waals surface area contributed by atoms with E-state index >= 15 is 0 Å². The summed E-state index contributed by atoms with van der Waals surface area (Å²) < 4.78 is 4.81. The van der Waals surface area contributed by atoms with Crippen LogP contribution in [0, 0.1) is 0 Å². The van der Waals surface area contributed by atoms with Crippen LogP contribution in [0.2, 0.25) is 0 Å². The van der Waals surface area contributed by atoms with Gasteiger partial charge in [0.25, 0.3) is 0 Å². The van der Waals surface area contributed by atoms with Gasteiger partial charge in [0.2, 0.25) is 5.91 Å². The van der Waals surface area contributed by atoms with Gasteiger partial charge in [-0.3, -0.25) is 9.69 Å². The largest absolute Gasteiger partial charge is 0.464 e. The Labute approximate surface area is 87.2 Å². The first-order valence-corrected chi connectivity index (χ1v) is 4.77. The molecule has 1 rings (SSSR count). The first-order chi connectivity index (χ1) is 6.57. The van der Waals surface area contributed by atoms with E-state index in [0.29, 0.717) is 12.8 Å². The fourth-order valence-electron chi connectivity index (χ4n) is 1.42. The van der Waals surface area contributed by atoms with Gasteiger partial charge in [0, 0.05) is 6.42 Å². The molecule has 1 heterocycles. The normalized spacial score (nSPS) is 21.1. The van der Waals surface area contributed by atoms with Crippen molar-refractivity contribution in [2.75, 3.05) is 6.61 Å². The maximum atomic E-state index is 11.4. The minimum Gasteiger partial charge on any atom is -0.464 e. The van der Waals surface area contributed by atoms with Crippen LogP contribution in [0.25, 0.3) is 0 Å². The van der Waals surface area contributed by atoms with Gasteiger partial charge in [-0.15, -0.1) is 0 Å². The van der Waals surface area contributed by atoms with Gasteiger partial charge in [-0.25, -0.2) is 4.79 Å². The second kappa shape index (κ2) is 4.36. The van der Waals surface area contributed by atoms with Crippen molar-refractivity contribution in [2.45, 2.75) is 25.8 Å². The molecule has 0 aromatic carbocycles. The molecule has 6 heteroatoms. The fraction of sp³-hybridized carbons (Fsp3) is 0.625. The topological polar surface area (TPSA) is 72.6 Å². The zero-order chi connectivity index (χ0) is 10.7. The Hall–Kier alpha value is -1.17. The van der Waals surface area contributed by atoms with Crippen LogP contribution in [0.1, 0.15) is 19.8 Å².